The van der Waals surface area contributed by atoms with Crippen LogP contribution in [0.3, 0.4) is 0 Å². The molecule has 0 atom stereocenters. The Hall–Kier alpha value is 0.110. The lowest BCUT2D eigenvalue weighted by Crippen LogP contribution is -2.10. The minimum absolute atomic E-state index is 0.174. The summed E-state index contributed by atoms with van der Waals surface area (Å²) >= 11 is 0. The van der Waals surface area contributed by atoms with Crippen LogP contribution < -0.4 is 0 Å². The first-order valence-electron chi connectivity index (χ1n) is 9.51. The fourth-order valence-electron chi connectivity index (χ4n) is 2.37. The predicted molar refractivity (Wildman–Crippen MR) is 97.8 cm³/mol. The van der Waals surface area contributed by atoms with Gasteiger partial charge >= 0.3 is 7.82 Å². The monoisotopic (exact) mass is 350 g/mol. The molecule has 0 aromatic rings. The molecule has 0 unspecified atom stereocenters. The highest BCUT2D eigenvalue weighted by molar-refractivity contribution is 7.48. The Balaban J connectivity index is 3.65. The van der Waals surface area contributed by atoms with Gasteiger partial charge in [0.15, 0.2) is 0 Å². The average molecular weight is 350 g/mol. The maximum absolute atomic E-state index is 12.4. The van der Waals surface area contributed by atoms with E-state index in [1.54, 1.807) is 0 Å². The number of hydrogen-bond acceptors (Lipinski definition) is 4. The van der Waals surface area contributed by atoms with Crippen molar-refractivity contribution >= 4 is 7.82 Å². The van der Waals surface area contributed by atoms with Crippen LogP contribution in [0.4, 0.5) is 0 Å². The van der Waals surface area contributed by atoms with Gasteiger partial charge in [-0.05, 0) is 34.1 Å². The molecule has 0 aliphatic heterocycles. The Labute approximate surface area is 144 Å². The number of phosphoric ester groups is 1. The van der Waals surface area contributed by atoms with E-state index in [1.807, 2.05) is 27.7 Å². The van der Waals surface area contributed by atoms with Crippen LogP contribution in [-0.2, 0) is 18.1 Å². The highest BCUT2D eigenvalue weighted by atomic mass is 31.2. The van der Waals surface area contributed by atoms with Crippen molar-refractivity contribution in [3.05, 3.63) is 0 Å². The normalized spacial score (nSPS) is 12.5. The molecule has 0 saturated heterocycles. The third kappa shape index (κ3) is 15.4. The number of unbranched alkanes of at least 4 members (excludes halogenated alkanes) is 9. The van der Waals surface area contributed by atoms with Crippen LogP contribution >= 0.6 is 7.82 Å². The van der Waals surface area contributed by atoms with Gasteiger partial charge in [-0.15, -0.1) is 0 Å². The summed E-state index contributed by atoms with van der Waals surface area (Å²) in [5.74, 6) is 0. The third-order valence-corrected chi connectivity index (χ3v) is 5.29. The Kier molecular flexibility index (Phi) is 14.5. The fraction of sp³-hybridized carbons (Fsp3) is 1.00. The topological polar surface area (TPSA) is 44.8 Å². The zero-order chi connectivity index (χ0) is 17.6. The molecule has 0 rings (SSSR count). The van der Waals surface area contributed by atoms with Gasteiger partial charge in [0.25, 0.3) is 0 Å². The Morgan fingerprint density at radius 1 is 0.696 bits per heavy atom. The zero-order valence-corrected chi connectivity index (χ0v) is 16.9. The van der Waals surface area contributed by atoms with E-state index in [9.17, 15) is 4.57 Å². The molecule has 0 amide bonds. The molecule has 5 heteroatoms. The fourth-order valence-corrected chi connectivity index (χ4v) is 3.92. The maximum atomic E-state index is 12.4. The minimum Gasteiger partial charge on any atom is -0.287 e. The lowest BCUT2D eigenvalue weighted by molar-refractivity contribution is 0.0712. The molecule has 0 bridgehead atoms. The van der Waals surface area contributed by atoms with Gasteiger partial charge in [0, 0.05) is 0 Å². The first-order chi connectivity index (χ1) is 10.9. The van der Waals surface area contributed by atoms with E-state index >= 15 is 0 Å². The van der Waals surface area contributed by atoms with E-state index in [2.05, 4.69) is 6.92 Å². The van der Waals surface area contributed by atoms with Crippen molar-refractivity contribution in [1.82, 2.24) is 0 Å². The lowest BCUT2D eigenvalue weighted by atomic mass is 10.1. The molecule has 0 N–H and O–H groups in total. The Bertz CT molecular complexity index is 291. The quantitative estimate of drug-likeness (QED) is 0.225. The van der Waals surface area contributed by atoms with Crippen molar-refractivity contribution in [2.45, 2.75) is 111 Å². The highest BCUT2D eigenvalue weighted by Crippen LogP contribution is 2.51. The van der Waals surface area contributed by atoms with Gasteiger partial charge in [0.2, 0.25) is 0 Å². The van der Waals surface area contributed by atoms with Crippen molar-refractivity contribution in [2.75, 3.05) is 6.61 Å². The molecule has 0 aromatic carbocycles. The average Bonchev–Trinajstić information content (AvgIpc) is 2.43. The molecule has 0 radical (unpaired) electrons. The second-order valence-electron chi connectivity index (χ2n) is 6.77. The van der Waals surface area contributed by atoms with Gasteiger partial charge in [-0.25, -0.2) is 4.57 Å². The molecule has 0 aliphatic carbocycles. The van der Waals surface area contributed by atoms with Gasteiger partial charge < -0.3 is 0 Å². The van der Waals surface area contributed by atoms with E-state index in [4.69, 9.17) is 13.6 Å². The van der Waals surface area contributed by atoms with E-state index in [-0.39, 0.29) is 12.2 Å². The summed E-state index contributed by atoms with van der Waals surface area (Å²) in [7, 11) is -3.41. The Morgan fingerprint density at radius 3 is 1.48 bits per heavy atom. The van der Waals surface area contributed by atoms with Crippen LogP contribution in [-0.4, -0.2) is 18.8 Å². The predicted octanol–water partition coefficient (Wildman–Crippen LogP) is 6.88. The summed E-state index contributed by atoms with van der Waals surface area (Å²) in [6.45, 7) is 10.0. The summed E-state index contributed by atoms with van der Waals surface area (Å²) in [5.41, 5.74) is 0. The first kappa shape index (κ1) is 23.1. The van der Waals surface area contributed by atoms with Crippen LogP contribution in [0.25, 0.3) is 0 Å². The molecule has 0 aromatic heterocycles. The van der Waals surface area contributed by atoms with Crippen molar-refractivity contribution in [1.29, 1.82) is 0 Å². The third-order valence-electron chi connectivity index (χ3n) is 3.43. The van der Waals surface area contributed by atoms with Gasteiger partial charge in [-0.2, -0.15) is 0 Å². The van der Waals surface area contributed by atoms with Crippen LogP contribution in [0.1, 0.15) is 98.8 Å². The second kappa shape index (κ2) is 14.5. The summed E-state index contributed by atoms with van der Waals surface area (Å²) in [5, 5.41) is 0. The van der Waals surface area contributed by atoms with Gasteiger partial charge in [-0.1, -0.05) is 64.7 Å². The summed E-state index contributed by atoms with van der Waals surface area (Å²) in [6, 6.07) is 0. The number of phosphoric acid groups is 1. The molecule has 0 spiro atoms. The molecular formula is C18H39O4P. The summed E-state index contributed by atoms with van der Waals surface area (Å²) in [4.78, 5) is 0. The lowest BCUT2D eigenvalue weighted by Gasteiger charge is -2.21. The number of hydrogen-bond donors (Lipinski definition) is 0. The highest BCUT2D eigenvalue weighted by Gasteiger charge is 2.29. The molecule has 0 fully saturated rings. The van der Waals surface area contributed by atoms with Crippen LogP contribution in [0.15, 0.2) is 0 Å². The van der Waals surface area contributed by atoms with Crippen molar-refractivity contribution in [2.24, 2.45) is 0 Å². The molecule has 0 aliphatic rings. The number of rotatable bonds is 16. The van der Waals surface area contributed by atoms with Crippen LogP contribution in [0.5, 0.6) is 0 Å². The first-order valence-corrected chi connectivity index (χ1v) is 11.0. The minimum atomic E-state index is -3.41. The zero-order valence-electron chi connectivity index (χ0n) is 16.0. The smallest absolute Gasteiger partial charge is 0.287 e. The van der Waals surface area contributed by atoms with E-state index in [1.165, 1.54) is 51.4 Å². The van der Waals surface area contributed by atoms with E-state index in [0.717, 1.165) is 12.8 Å². The summed E-state index contributed by atoms with van der Waals surface area (Å²) < 4.78 is 28.6. The summed E-state index contributed by atoms with van der Waals surface area (Å²) in [6.07, 6.45) is 12.3. The molecule has 4 nitrogen and oxygen atoms in total. The standard InChI is InChI=1S/C18H39O4P/c1-6-7-8-9-10-11-12-13-14-15-16-20-23(19,21-17(2)3)22-18(4)5/h17-18H,6-16H2,1-5H3. The maximum Gasteiger partial charge on any atom is 0.475 e. The van der Waals surface area contributed by atoms with Crippen molar-refractivity contribution < 1.29 is 18.1 Å². The van der Waals surface area contributed by atoms with Crippen LogP contribution in [0.2, 0.25) is 0 Å². The van der Waals surface area contributed by atoms with Gasteiger partial charge in [0.1, 0.15) is 0 Å². The molecule has 140 valence electrons. The SMILES string of the molecule is CCCCCCCCCCCCOP(=O)(OC(C)C)OC(C)C. The molecular weight excluding hydrogens is 311 g/mol. The van der Waals surface area contributed by atoms with Gasteiger partial charge in [-0.3, -0.25) is 13.6 Å². The van der Waals surface area contributed by atoms with Crippen molar-refractivity contribution in [3.63, 3.8) is 0 Å². The van der Waals surface area contributed by atoms with Gasteiger partial charge in [0.05, 0.1) is 18.8 Å². The van der Waals surface area contributed by atoms with E-state index < -0.39 is 7.82 Å². The molecule has 0 saturated carbocycles. The Morgan fingerprint density at radius 2 is 1.09 bits per heavy atom. The van der Waals surface area contributed by atoms with E-state index in [0.29, 0.717) is 6.61 Å². The molecule has 23 heavy (non-hydrogen) atoms. The largest absolute Gasteiger partial charge is 0.475 e. The molecule has 0 heterocycles. The second-order valence-corrected chi connectivity index (χ2v) is 8.35. The van der Waals surface area contributed by atoms with Crippen molar-refractivity contribution in [3.8, 4) is 0 Å². The van der Waals surface area contributed by atoms with Crippen LogP contribution in [0, 0.1) is 0 Å².